The number of allylic oxidation sites excluding steroid dienone is 2. The molecule has 0 fully saturated rings. The van der Waals surface area contributed by atoms with Gasteiger partial charge in [0.2, 0.25) is 0 Å². The van der Waals surface area contributed by atoms with E-state index in [-0.39, 0.29) is 11.5 Å². The minimum absolute atomic E-state index is 0.0295. The number of ketones is 1. The van der Waals surface area contributed by atoms with E-state index in [4.69, 9.17) is 5.10 Å². The van der Waals surface area contributed by atoms with Crippen LogP contribution in [0.3, 0.4) is 0 Å². The van der Waals surface area contributed by atoms with Crippen LogP contribution in [0.2, 0.25) is 0 Å². The van der Waals surface area contributed by atoms with Crippen LogP contribution in [0.4, 0.5) is 19.0 Å². The third-order valence-electron chi connectivity index (χ3n) is 7.68. The molecule has 0 bridgehead atoms. The highest BCUT2D eigenvalue weighted by Crippen LogP contribution is 2.50. The number of carbonyl (C=O) groups is 1. The number of carbonyl (C=O) groups excluding carboxylic acids is 1. The fraction of sp³-hybridized carbons (Fsp3) is 0.194. The maximum atomic E-state index is 14.1. The minimum atomic E-state index is -4.56. The summed E-state index contributed by atoms with van der Waals surface area (Å²) in [4.78, 5) is 14.5. The van der Waals surface area contributed by atoms with Crippen LogP contribution in [0.5, 0.6) is 0 Å². The Kier molecular flexibility index (Phi) is 5.97. The van der Waals surface area contributed by atoms with E-state index in [1.807, 2.05) is 54.0 Å². The van der Waals surface area contributed by atoms with E-state index in [2.05, 4.69) is 10.4 Å². The molecule has 0 radical (unpaired) electrons. The Balaban J connectivity index is 1.50. The number of hydrogen-bond donors (Lipinski definition) is 1. The van der Waals surface area contributed by atoms with Crippen molar-refractivity contribution < 1.29 is 18.0 Å². The minimum Gasteiger partial charge on any atom is -0.343 e. The maximum absolute atomic E-state index is 14.1. The standard InChI is InChI=1S/C31H24F3N5OS/c1-18-26-27(20-17-38(19-9-3-2-4-10-19)37-29(20)25-15-8-16-41-25)28-22(12-7-14-24(28)40)35-30(26)39(36-18)23-13-6-5-11-21(23)31(32,33)34/h2-6,8-11,13,15-17,27,35H,7,12,14H2,1H3. The predicted molar refractivity (Wildman–Crippen MR) is 152 cm³/mol. The highest BCUT2D eigenvalue weighted by molar-refractivity contribution is 7.13. The molecule has 5 aromatic rings. The number of fused-ring (bicyclic) bond motifs is 1. The highest BCUT2D eigenvalue weighted by atomic mass is 32.1. The molecule has 2 aliphatic rings. The van der Waals surface area contributed by atoms with Crippen LogP contribution in [0.15, 0.2) is 89.6 Å². The molecule has 41 heavy (non-hydrogen) atoms. The number of para-hydroxylation sites is 2. The van der Waals surface area contributed by atoms with Crippen molar-refractivity contribution >= 4 is 22.9 Å². The number of nitrogens with one attached hydrogen (secondary N) is 1. The zero-order chi connectivity index (χ0) is 28.3. The molecule has 0 amide bonds. The lowest BCUT2D eigenvalue weighted by molar-refractivity contribution is -0.137. The number of benzene rings is 2. The molecule has 2 aromatic carbocycles. The van der Waals surface area contributed by atoms with Gasteiger partial charge in [-0.3, -0.25) is 4.79 Å². The molecule has 1 aliphatic carbocycles. The van der Waals surface area contributed by atoms with Gasteiger partial charge in [0.1, 0.15) is 11.5 Å². The molecule has 1 unspecified atom stereocenters. The molecular weight excluding hydrogens is 547 g/mol. The summed E-state index contributed by atoms with van der Waals surface area (Å²) in [5, 5.41) is 14.9. The molecule has 3 aromatic heterocycles. The molecule has 7 rings (SSSR count). The lowest BCUT2D eigenvalue weighted by Gasteiger charge is -2.32. The molecule has 206 valence electrons. The zero-order valence-corrected chi connectivity index (χ0v) is 22.8. The molecule has 10 heteroatoms. The number of halogens is 3. The van der Waals surface area contributed by atoms with E-state index >= 15 is 0 Å². The molecule has 6 nitrogen and oxygen atoms in total. The quantitative estimate of drug-likeness (QED) is 0.240. The number of Topliss-reactive ketones (excluding diaryl/α,β-unsaturated/α-hetero) is 1. The van der Waals surface area contributed by atoms with Crippen LogP contribution in [0.25, 0.3) is 21.9 Å². The van der Waals surface area contributed by atoms with Crippen LogP contribution in [-0.2, 0) is 11.0 Å². The molecule has 1 atom stereocenters. The molecule has 1 N–H and O–H groups in total. The van der Waals surface area contributed by atoms with Gasteiger partial charge in [-0.05, 0) is 55.5 Å². The van der Waals surface area contributed by atoms with E-state index in [9.17, 15) is 18.0 Å². The number of nitrogens with zero attached hydrogens (tertiary/aromatic N) is 4. The second kappa shape index (κ2) is 9.59. The van der Waals surface area contributed by atoms with Crippen LogP contribution in [0.1, 0.15) is 47.6 Å². The Labute approximate surface area is 237 Å². The van der Waals surface area contributed by atoms with Gasteiger partial charge >= 0.3 is 6.18 Å². The first kappa shape index (κ1) is 25.5. The van der Waals surface area contributed by atoms with Crippen molar-refractivity contribution in [3.05, 3.63) is 112 Å². The van der Waals surface area contributed by atoms with E-state index in [0.29, 0.717) is 41.9 Å². The summed E-state index contributed by atoms with van der Waals surface area (Å²) in [5.74, 6) is -0.0699. The average Bonchev–Trinajstić information content (AvgIpc) is 3.72. The Morgan fingerprint density at radius 3 is 2.51 bits per heavy atom. The van der Waals surface area contributed by atoms with Crippen LogP contribution in [-0.4, -0.2) is 25.3 Å². The van der Waals surface area contributed by atoms with Gasteiger partial charge in [0.05, 0.1) is 27.5 Å². The van der Waals surface area contributed by atoms with Gasteiger partial charge in [-0.1, -0.05) is 36.4 Å². The number of rotatable bonds is 4. The summed E-state index contributed by atoms with van der Waals surface area (Å²) in [6.45, 7) is 1.78. The normalized spacial score (nSPS) is 16.9. The first-order chi connectivity index (χ1) is 19.8. The highest BCUT2D eigenvalue weighted by Gasteiger charge is 2.42. The van der Waals surface area contributed by atoms with Crippen molar-refractivity contribution in [1.29, 1.82) is 0 Å². The molecule has 0 spiro atoms. The Hall–Kier alpha value is -4.44. The number of aryl methyl sites for hydroxylation is 1. The van der Waals surface area contributed by atoms with Crippen molar-refractivity contribution in [2.45, 2.75) is 38.3 Å². The SMILES string of the molecule is Cc1nn(-c2ccccc2C(F)(F)F)c2c1C(c1cn(-c3ccccc3)nc1-c1cccs1)C1=C(CCCC1=O)N2. The van der Waals surface area contributed by atoms with E-state index < -0.39 is 17.7 Å². The summed E-state index contributed by atoms with van der Waals surface area (Å²) < 4.78 is 45.4. The third-order valence-corrected chi connectivity index (χ3v) is 8.55. The largest absolute Gasteiger partial charge is 0.418 e. The summed E-state index contributed by atoms with van der Waals surface area (Å²) in [5.41, 5.74) is 4.16. The second-order valence-corrected chi connectivity index (χ2v) is 11.1. The fourth-order valence-electron chi connectivity index (χ4n) is 5.92. The summed E-state index contributed by atoms with van der Waals surface area (Å²) in [7, 11) is 0. The first-order valence-electron chi connectivity index (χ1n) is 13.3. The lowest BCUT2D eigenvalue weighted by Crippen LogP contribution is -2.28. The number of thiophene rings is 1. The van der Waals surface area contributed by atoms with Gasteiger partial charge in [0.15, 0.2) is 5.78 Å². The Bertz CT molecular complexity index is 1820. The Morgan fingerprint density at radius 1 is 0.976 bits per heavy atom. The van der Waals surface area contributed by atoms with E-state index in [1.165, 1.54) is 16.8 Å². The maximum Gasteiger partial charge on any atom is 0.418 e. The van der Waals surface area contributed by atoms with Crippen LogP contribution < -0.4 is 5.32 Å². The summed E-state index contributed by atoms with van der Waals surface area (Å²) in [6, 6.07) is 19.1. The number of anilines is 1. The number of hydrogen-bond acceptors (Lipinski definition) is 5. The van der Waals surface area contributed by atoms with E-state index in [0.717, 1.165) is 33.6 Å². The van der Waals surface area contributed by atoms with Gasteiger partial charge in [0, 0.05) is 40.9 Å². The number of aromatic nitrogens is 4. The predicted octanol–water partition coefficient (Wildman–Crippen LogP) is 7.68. The number of alkyl halides is 3. The molecular formula is C31H24F3N5OS. The summed E-state index contributed by atoms with van der Waals surface area (Å²) in [6.07, 6.45) is -0.927. The van der Waals surface area contributed by atoms with Crippen molar-refractivity contribution in [3.63, 3.8) is 0 Å². The first-order valence-corrected chi connectivity index (χ1v) is 14.2. The van der Waals surface area contributed by atoms with Crippen LogP contribution in [0, 0.1) is 6.92 Å². The molecule has 4 heterocycles. The van der Waals surface area contributed by atoms with Gasteiger partial charge in [0.25, 0.3) is 0 Å². The van der Waals surface area contributed by atoms with Crippen molar-refractivity contribution in [2.24, 2.45) is 0 Å². The zero-order valence-electron chi connectivity index (χ0n) is 21.9. The van der Waals surface area contributed by atoms with Crippen molar-refractivity contribution in [2.75, 3.05) is 5.32 Å². The Morgan fingerprint density at radius 2 is 1.76 bits per heavy atom. The van der Waals surface area contributed by atoms with Crippen molar-refractivity contribution in [1.82, 2.24) is 19.6 Å². The molecule has 1 aliphatic heterocycles. The monoisotopic (exact) mass is 571 g/mol. The van der Waals surface area contributed by atoms with E-state index in [1.54, 1.807) is 29.0 Å². The second-order valence-electron chi connectivity index (χ2n) is 10.2. The van der Waals surface area contributed by atoms with Crippen LogP contribution >= 0.6 is 11.3 Å². The molecule has 0 saturated carbocycles. The van der Waals surface area contributed by atoms with Gasteiger partial charge < -0.3 is 5.32 Å². The van der Waals surface area contributed by atoms with Crippen molar-refractivity contribution in [3.8, 4) is 21.9 Å². The van der Waals surface area contributed by atoms with Gasteiger partial charge in [-0.25, -0.2) is 9.36 Å². The topological polar surface area (TPSA) is 64.7 Å². The average molecular weight is 572 g/mol. The fourth-order valence-corrected chi connectivity index (χ4v) is 6.65. The third kappa shape index (κ3) is 4.21. The smallest absolute Gasteiger partial charge is 0.343 e. The van der Waals surface area contributed by atoms with Gasteiger partial charge in [-0.2, -0.15) is 23.4 Å². The lowest BCUT2D eigenvalue weighted by atomic mass is 9.76. The molecule has 0 saturated heterocycles. The van der Waals surface area contributed by atoms with Gasteiger partial charge in [-0.15, -0.1) is 11.3 Å². The summed E-state index contributed by atoms with van der Waals surface area (Å²) >= 11 is 1.55.